The summed E-state index contributed by atoms with van der Waals surface area (Å²) in [6.07, 6.45) is 7.88. The maximum atomic E-state index is 12.1. The number of carbonyl (C=O) groups excluding carboxylic acids is 1. The van der Waals surface area contributed by atoms with Crippen molar-refractivity contribution in [2.45, 2.75) is 38.6 Å². The Bertz CT molecular complexity index is 566. The number of rotatable bonds is 7. The Morgan fingerprint density at radius 2 is 2.04 bits per heavy atom. The van der Waals surface area contributed by atoms with Crippen molar-refractivity contribution in [2.75, 3.05) is 19.6 Å². The number of hydrogen-bond acceptors (Lipinski definition) is 3. The van der Waals surface area contributed by atoms with Crippen molar-refractivity contribution in [3.63, 3.8) is 0 Å². The molecule has 1 aromatic carbocycles. The van der Waals surface area contributed by atoms with Gasteiger partial charge in [-0.1, -0.05) is 13.0 Å². The maximum absolute atomic E-state index is 12.1. The van der Waals surface area contributed by atoms with E-state index < -0.39 is 0 Å². The molecule has 1 aromatic rings. The van der Waals surface area contributed by atoms with Crippen molar-refractivity contribution >= 4 is 23.6 Å². The summed E-state index contributed by atoms with van der Waals surface area (Å²) in [7, 11) is 1.59. The lowest BCUT2D eigenvalue weighted by atomic mass is 9.87. The van der Waals surface area contributed by atoms with Gasteiger partial charge in [0, 0.05) is 12.1 Å². The quantitative estimate of drug-likeness (QED) is 0.596. The van der Waals surface area contributed by atoms with E-state index in [0.29, 0.717) is 30.0 Å². The predicted octanol–water partition coefficient (Wildman–Crippen LogP) is 4.02. The van der Waals surface area contributed by atoms with E-state index in [9.17, 15) is 4.79 Å². The molecule has 0 heterocycles. The topological polar surface area (TPSA) is 47.6 Å². The van der Waals surface area contributed by atoms with Crippen LogP contribution in [0.25, 0.3) is 6.08 Å². The van der Waals surface area contributed by atoms with Gasteiger partial charge < -0.3 is 14.8 Å². The van der Waals surface area contributed by atoms with Crippen molar-refractivity contribution in [1.82, 2.24) is 5.32 Å². The molecule has 1 fully saturated rings. The van der Waals surface area contributed by atoms with Gasteiger partial charge in [-0.2, -0.15) is 0 Å². The van der Waals surface area contributed by atoms with Crippen LogP contribution in [0.5, 0.6) is 11.5 Å². The van der Waals surface area contributed by atoms with Crippen molar-refractivity contribution < 1.29 is 14.3 Å². The lowest BCUT2D eigenvalue weighted by molar-refractivity contribution is -0.117. The van der Waals surface area contributed by atoms with E-state index in [1.165, 1.54) is 12.8 Å². The summed E-state index contributed by atoms with van der Waals surface area (Å²) in [6, 6.07) is 5.86. The number of halogens is 1. The molecule has 132 valence electrons. The third kappa shape index (κ3) is 5.75. The smallest absolute Gasteiger partial charge is 0.244 e. The largest absolute Gasteiger partial charge is 0.493 e. The average Bonchev–Trinajstić information content (AvgIpc) is 2.60. The number of carbonyl (C=O) groups is 1. The highest BCUT2D eigenvalue weighted by Crippen LogP contribution is 2.28. The van der Waals surface area contributed by atoms with Gasteiger partial charge in [-0.3, -0.25) is 4.79 Å². The first-order valence-electron chi connectivity index (χ1n) is 8.47. The van der Waals surface area contributed by atoms with E-state index in [4.69, 9.17) is 21.1 Å². The second kappa shape index (κ2) is 9.58. The molecule has 0 spiro atoms. The minimum absolute atomic E-state index is 0.0454. The molecule has 24 heavy (non-hydrogen) atoms. The number of amides is 1. The number of ether oxygens (including phenoxy) is 2. The molecule has 1 amide bonds. The Hall–Kier alpha value is -1.68. The molecule has 0 unspecified atom stereocenters. The number of nitrogens with one attached hydrogen (secondary N) is 1. The first-order chi connectivity index (χ1) is 11.6. The van der Waals surface area contributed by atoms with Crippen LogP contribution < -0.4 is 14.8 Å². The van der Waals surface area contributed by atoms with Crippen molar-refractivity contribution in [3.05, 3.63) is 29.8 Å². The summed E-state index contributed by atoms with van der Waals surface area (Å²) in [6.45, 7) is 2.70. The van der Waals surface area contributed by atoms with Gasteiger partial charge in [-0.05, 0) is 55.4 Å². The van der Waals surface area contributed by atoms with Gasteiger partial charge in [-0.25, -0.2) is 0 Å². The van der Waals surface area contributed by atoms with Gasteiger partial charge in [-0.15, -0.1) is 11.6 Å². The molecule has 0 aromatic heterocycles. The predicted molar refractivity (Wildman–Crippen MR) is 97.8 cm³/mol. The van der Waals surface area contributed by atoms with E-state index in [-0.39, 0.29) is 5.91 Å². The molecule has 1 aliphatic rings. The van der Waals surface area contributed by atoms with Crippen molar-refractivity contribution in [2.24, 2.45) is 5.92 Å². The number of methoxy groups -OCH3 is 1. The van der Waals surface area contributed by atoms with Crippen LogP contribution in [0.3, 0.4) is 0 Å². The molecule has 5 heteroatoms. The molecule has 2 rings (SSSR count). The molecule has 0 aliphatic heterocycles. The van der Waals surface area contributed by atoms with E-state index in [0.717, 1.165) is 24.3 Å². The summed E-state index contributed by atoms with van der Waals surface area (Å²) >= 11 is 5.63. The minimum Gasteiger partial charge on any atom is -0.493 e. The van der Waals surface area contributed by atoms with Crippen LogP contribution in [0, 0.1) is 5.92 Å². The van der Waals surface area contributed by atoms with Gasteiger partial charge >= 0.3 is 0 Å². The zero-order chi connectivity index (χ0) is 17.4. The second-order valence-electron chi connectivity index (χ2n) is 6.25. The summed E-state index contributed by atoms with van der Waals surface area (Å²) in [5.74, 6) is 2.43. The molecule has 0 bridgehead atoms. The number of alkyl halides is 1. The molecule has 0 radical (unpaired) electrons. The Kier molecular flexibility index (Phi) is 7.44. The number of hydrogen-bond donors (Lipinski definition) is 1. The summed E-state index contributed by atoms with van der Waals surface area (Å²) < 4.78 is 10.8. The van der Waals surface area contributed by atoms with Crippen LogP contribution >= 0.6 is 11.6 Å². The second-order valence-corrected chi connectivity index (χ2v) is 6.62. The highest BCUT2D eigenvalue weighted by atomic mass is 35.5. The lowest BCUT2D eigenvalue weighted by Gasteiger charge is -2.26. The highest BCUT2D eigenvalue weighted by molar-refractivity contribution is 6.18. The first-order valence-corrected chi connectivity index (χ1v) is 9.01. The van der Waals surface area contributed by atoms with Crippen LogP contribution in [0.2, 0.25) is 0 Å². The Morgan fingerprint density at radius 3 is 2.71 bits per heavy atom. The molecular formula is C19H26ClNO3. The van der Waals surface area contributed by atoms with Gasteiger partial charge in [0.05, 0.1) is 13.0 Å². The van der Waals surface area contributed by atoms with E-state index >= 15 is 0 Å². The third-order valence-corrected chi connectivity index (χ3v) is 4.47. The Labute approximate surface area is 149 Å². The first kappa shape index (κ1) is 18.7. The normalized spacial score (nSPS) is 20.8. The monoisotopic (exact) mass is 351 g/mol. The van der Waals surface area contributed by atoms with Crippen LogP contribution in [0.4, 0.5) is 0 Å². The standard InChI is InChI=1S/C19H26ClNO3/c1-14-3-7-16(8-4-14)21-19(22)10-6-15-5-9-17(24-12-11-20)18(13-15)23-2/h5-6,9-10,13-14,16H,3-4,7-8,11-12H2,1-2H3,(H,21,22)/b10-6+. The van der Waals surface area contributed by atoms with Crippen LogP contribution in [-0.4, -0.2) is 31.5 Å². The molecular weight excluding hydrogens is 326 g/mol. The fourth-order valence-electron chi connectivity index (χ4n) is 2.88. The highest BCUT2D eigenvalue weighted by Gasteiger charge is 2.18. The molecule has 0 atom stereocenters. The van der Waals surface area contributed by atoms with Crippen molar-refractivity contribution in [1.29, 1.82) is 0 Å². The van der Waals surface area contributed by atoms with E-state index in [1.807, 2.05) is 18.2 Å². The van der Waals surface area contributed by atoms with Crippen LogP contribution in [-0.2, 0) is 4.79 Å². The van der Waals surface area contributed by atoms with Crippen molar-refractivity contribution in [3.8, 4) is 11.5 Å². The maximum Gasteiger partial charge on any atom is 0.244 e. The lowest BCUT2D eigenvalue weighted by Crippen LogP contribution is -2.36. The zero-order valence-electron chi connectivity index (χ0n) is 14.4. The van der Waals surface area contributed by atoms with Crippen LogP contribution in [0.15, 0.2) is 24.3 Å². The van der Waals surface area contributed by atoms with E-state index in [1.54, 1.807) is 19.3 Å². The molecule has 1 aliphatic carbocycles. The van der Waals surface area contributed by atoms with Crippen LogP contribution in [0.1, 0.15) is 38.2 Å². The van der Waals surface area contributed by atoms with Gasteiger partial charge in [0.25, 0.3) is 0 Å². The van der Waals surface area contributed by atoms with E-state index in [2.05, 4.69) is 12.2 Å². The molecule has 1 saturated carbocycles. The fourth-order valence-corrected chi connectivity index (χ4v) is 2.96. The SMILES string of the molecule is COc1cc(/C=C/C(=O)NC2CCC(C)CC2)ccc1OCCCl. The minimum atomic E-state index is -0.0454. The van der Waals surface area contributed by atoms with Gasteiger partial charge in [0.1, 0.15) is 6.61 Å². The Balaban J connectivity index is 1.91. The molecule has 4 nitrogen and oxygen atoms in total. The van der Waals surface area contributed by atoms with Gasteiger partial charge in [0.2, 0.25) is 5.91 Å². The zero-order valence-corrected chi connectivity index (χ0v) is 15.1. The average molecular weight is 352 g/mol. The Morgan fingerprint density at radius 1 is 1.29 bits per heavy atom. The summed E-state index contributed by atoms with van der Waals surface area (Å²) in [5.41, 5.74) is 0.887. The fraction of sp³-hybridized carbons (Fsp3) is 0.526. The number of benzene rings is 1. The third-order valence-electron chi connectivity index (χ3n) is 4.31. The molecule has 1 N–H and O–H groups in total. The summed E-state index contributed by atoms with van der Waals surface area (Å²) in [4.78, 5) is 12.1. The summed E-state index contributed by atoms with van der Waals surface area (Å²) in [5, 5.41) is 3.08. The molecule has 0 saturated heterocycles. The van der Waals surface area contributed by atoms with Gasteiger partial charge in [0.15, 0.2) is 11.5 Å².